The number of unbranched alkanes of at least 4 members (excludes halogenated alkanes) is 1. The van der Waals surface area contributed by atoms with Gasteiger partial charge in [0.1, 0.15) is 6.54 Å². The van der Waals surface area contributed by atoms with Crippen molar-refractivity contribution in [1.29, 1.82) is 0 Å². The van der Waals surface area contributed by atoms with Crippen LogP contribution in [-0.2, 0) is 16.1 Å². The van der Waals surface area contributed by atoms with Crippen molar-refractivity contribution in [1.82, 2.24) is 5.32 Å². The van der Waals surface area contributed by atoms with E-state index in [1.54, 1.807) is 0 Å². The monoisotopic (exact) mass is 360 g/mol. The second-order valence-corrected chi connectivity index (χ2v) is 4.69. The summed E-state index contributed by atoms with van der Waals surface area (Å²) in [6.07, 6.45) is 4.54. The second-order valence-electron chi connectivity index (χ2n) is 4.69. The molecule has 0 saturated carbocycles. The van der Waals surface area contributed by atoms with E-state index in [1.165, 1.54) is 6.92 Å². The van der Waals surface area contributed by atoms with Crippen molar-refractivity contribution in [3.8, 4) is 0 Å². The van der Waals surface area contributed by atoms with Crippen LogP contribution in [0.2, 0.25) is 0 Å². The van der Waals surface area contributed by atoms with Crippen molar-refractivity contribution >= 4 is 11.9 Å². The highest BCUT2D eigenvalue weighted by Gasteiger charge is 2.24. The second kappa shape index (κ2) is 10.3. The van der Waals surface area contributed by atoms with E-state index in [0.717, 1.165) is 13.0 Å². The SMILES string of the molecule is CC(O)C(NC(=O)CCCC[n+]1ccccc1)C(=O)O.[Br-]. The van der Waals surface area contributed by atoms with Crippen LogP contribution in [0.15, 0.2) is 30.6 Å². The van der Waals surface area contributed by atoms with Gasteiger partial charge in [-0.3, -0.25) is 4.79 Å². The molecule has 1 rings (SSSR count). The van der Waals surface area contributed by atoms with Crippen LogP contribution in [0.1, 0.15) is 26.2 Å². The molecule has 2 unspecified atom stereocenters. The quantitative estimate of drug-likeness (QED) is 0.342. The van der Waals surface area contributed by atoms with Crippen LogP contribution in [-0.4, -0.2) is 34.2 Å². The van der Waals surface area contributed by atoms with E-state index in [4.69, 9.17) is 5.11 Å². The first kappa shape index (κ1) is 19.5. The molecule has 1 heterocycles. The molecule has 2 atom stereocenters. The van der Waals surface area contributed by atoms with Gasteiger partial charge >= 0.3 is 5.97 Å². The Hall–Kier alpha value is -1.47. The average molecular weight is 361 g/mol. The zero-order valence-electron chi connectivity index (χ0n) is 11.9. The van der Waals surface area contributed by atoms with Crippen LogP contribution in [0.3, 0.4) is 0 Å². The van der Waals surface area contributed by atoms with E-state index in [1.807, 2.05) is 35.2 Å². The van der Waals surface area contributed by atoms with Crippen molar-refractivity contribution in [2.24, 2.45) is 0 Å². The van der Waals surface area contributed by atoms with Crippen LogP contribution >= 0.6 is 0 Å². The van der Waals surface area contributed by atoms with E-state index in [-0.39, 0.29) is 29.3 Å². The molecule has 118 valence electrons. The lowest BCUT2D eigenvalue weighted by atomic mass is 10.1. The number of aryl methyl sites for hydroxylation is 1. The maximum atomic E-state index is 11.6. The van der Waals surface area contributed by atoms with Crippen molar-refractivity contribution in [2.75, 3.05) is 0 Å². The molecule has 0 aromatic carbocycles. The minimum absolute atomic E-state index is 0. The van der Waals surface area contributed by atoms with Crippen molar-refractivity contribution < 1.29 is 41.4 Å². The summed E-state index contributed by atoms with van der Waals surface area (Å²) < 4.78 is 2.02. The zero-order valence-corrected chi connectivity index (χ0v) is 13.5. The number of amides is 1. The molecule has 0 saturated heterocycles. The minimum atomic E-state index is -1.24. The molecular weight excluding hydrogens is 340 g/mol. The number of carboxylic acids is 1. The summed E-state index contributed by atoms with van der Waals surface area (Å²) in [5.74, 6) is -1.58. The Kier molecular flexibility index (Phi) is 9.56. The number of carbonyl (C=O) groups is 2. The Labute approximate surface area is 134 Å². The number of hydrogen-bond acceptors (Lipinski definition) is 3. The molecule has 0 bridgehead atoms. The third-order valence-electron chi connectivity index (χ3n) is 2.91. The Morgan fingerprint density at radius 3 is 2.33 bits per heavy atom. The van der Waals surface area contributed by atoms with E-state index in [2.05, 4.69) is 5.32 Å². The van der Waals surface area contributed by atoms with Gasteiger partial charge in [0, 0.05) is 25.0 Å². The van der Waals surface area contributed by atoms with Gasteiger partial charge in [0.05, 0.1) is 6.10 Å². The maximum absolute atomic E-state index is 11.6. The predicted octanol–water partition coefficient (Wildman–Crippen LogP) is -2.90. The van der Waals surface area contributed by atoms with Gasteiger partial charge in [-0.05, 0) is 13.3 Å². The Balaban J connectivity index is 0.00000400. The van der Waals surface area contributed by atoms with Crippen molar-refractivity contribution in [3.63, 3.8) is 0 Å². The highest BCUT2D eigenvalue weighted by Crippen LogP contribution is 1.99. The molecular formula is C14H21BrN2O4. The molecule has 0 aliphatic heterocycles. The van der Waals surface area contributed by atoms with Crippen LogP contribution in [0.4, 0.5) is 0 Å². The number of aromatic nitrogens is 1. The Bertz CT molecular complexity index is 440. The summed E-state index contributed by atoms with van der Waals surface area (Å²) in [5.41, 5.74) is 0. The number of hydrogen-bond donors (Lipinski definition) is 3. The smallest absolute Gasteiger partial charge is 0.328 e. The first-order chi connectivity index (χ1) is 9.50. The summed E-state index contributed by atoms with van der Waals surface area (Å²) in [7, 11) is 0. The van der Waals surface area contributed by atoms with Crippen LogP contribution in [0.5, 0.6) is 0 Å². The lowest BCUT2D eigenvalue weighted by molar-refractivity contribution is -0.697. The average Bonchev–Trinajstić information content (AvgIpc) is 2.41. The lowest BCUT2D eigenvalue weighted by Crippen LogP contribution is -3.00. The van der Waals surface area contributed by atoms with E-state index >= 15 is 0 Å². The van der Waals surface area contributed by atoms with E-state index in [9.17, 15) is 14.7 Å². The topological polar surface area (TPSA) is 90.5 Å². The molecule has 1 aromatic heterocycles. The number of aliphatic carboxylic acids is 1. The largest absolute Gasteiger partial charge is 1.00 e. The molecule has 7 heteroatoms. The maximum Gasteiger partial charge on any atom is 0.328 e. The first-order valence-corrected chi connectivity index (χ1v) is 6.65. The number of nitrogens with one attached hydrogen (secondary N) is 1. The Morgan fingerprint density at radius 2 is 1.81 bits per heavy atom. The fourth-order valence-corrected chi connectivity index (χ4v) is 1.80. The highest BCUT2D eigenvalue weighted by molar-refractivity contribution is 5.83. The number of aliphatic hydroxyl groups is 1. The van der Waals surface area contributed by atoms with E-state index in [0.29, 0.717) is 6.42 Å². The predicted molar refractivity (Wildman–Crippen MR) is 71.7 cm³/mol. The number of halogens is 1. The lowest BCUT2D eigenvalue weighted by Gasteiger charge is -2.16. The van der Waals surface area contributed by atoms with Gasteiger partial charge in [-0.1, -0.05) is 6.07 Å². The Morgan fingerprint density at radius 1 is 1.19 bits per heavy atom. The molecule has 0 aliphatic carbocycles. The van der Waals surface area contributed by atoms with Gasteiger partial charge in [-0.15, -0.1) is 0 Å². The molecule has 3 N–H and O–H groups in total. The zero-order chi connectivity index (χ0) is 15.0. The van der Waals surface area contributed by atoms with Gasteiger partial charge in [-0.25, -0.2) is 9.36 Å². The fourth-order valence-electron chi connectivity index (χ4n) is 1.80. The molecule has 6 nitrogen and oxygen atoms in total. The summed E-state index contributed by atoms with van der Waals surface area (Å²) >= 11 is 0. The normalized spacial score (nSPS) is 12.9. The standard InChI is InChI=1S/C14H20N2O4.BrH/c1-11(17)13(14(19)20)15-12(18)7-3-6-10-16-8-4-2-5-9-16;/h2,4-5,8-9,11,13,17H,3,6-7,10H2,1H3,(H-,15,18,19,20);1H. The minimum Gasteiger partial charge on any atom is -1.00 e. The van der Waals surface area contributed by atoms with E-state index < -0.39 is 18.1 Å². The summed E-state index contributed by atoms with van der Waals surface area (Å²) in [5, 5.41) is 20.4. The van der Waals surface area contributed by atoms with Crippen LogP contribution in [0, 0.1) is 0 Å². The molecule has 1 aromatic rings. The van der Waals surface area contributed by atoms with Gasteiger partial charge < -0.3 is 32.5 Å². The van der Waals surface area contributed by atoms with Crippen LogP contribution < -0.4 is 26.9 Å². The number of pyridine rings is 1. The van der Waals surface area contributed by atoms with Crippen LogP contribution in [0.25, 0.3) is 0 Å². The van der Waals surface area contributed by atoms with Gasteiger partial charge in [0.15, 0.2) is 18.4 Å². The third kappa shape index (κ3) is 7.77. The number of carbonyl (C=O) groups excluding carboxylic acids is 1. The fraction of sp³-hybridized carbons (Fsp3) is 0.500. The number of aliphatic hydroxyl groups excluding tert-OH is 1. The summed E-state index contributed by atoms with van der Waals surface area (Å²) in [4.78, 5) is 22.4. The van der Waals surface area contributed by atoms with Crippen molar-refractivity contribution in [3.05, 3.63) is 30.6 Å². The molecule has 21 heavy (non-hydrogen) atoms. The molecule has 0 fully saturated rings. The summed E-state index contributed by atoms with van der Waals surface area (Å²) in [6.45, 7) is 2.15. The van der Waals surface area contributed by atoms with Gasteiger partial charge in [0.25, 0.3) is 0 Å². The molecule has 0 radical (unpaired) electrons. The van der Waals surface area contributed by atoms with Crippen molar-refractivity contribution in [2.45, 2.75) is 44.9 Å². The number of carboxylic acid groups (broad SMARTS) is 1. The molecule has 0 aliphatic rings. The molecule has 0 spiro atoms. The molecule has 1 amide bonds. The third-order valence-corrected chi connectivity index (χ3v) is 2.91. The van der Waals surface area contributed by atoms with Gasteiger partial charge in [0.2, 0.25) is 5.91 Å². The van der Waals surface area contributed by atoms with Gasteiger partial charge in [-0.2, -0.15) is 0 Å². The highest BCUT2D eigenvalue weighted by atomic mass is 79.9. The number of rotatable bonds is 8. The summed E-state index contributed by atoms with van der Waals surface area (Å²) in [6, 6.07) is 4.57. The first-order valence-electron chi connectivity index (χ1n) is 6.65. The number of nitrogens with zero attached hydrogens (tertiary/aromatic N) is 1.